The number of carbonyl (C=O) groups is 1. The summed E-state index contributed by atoms with van der Waals surface area (Å²) in [5.74, 6) is 0.112. The zero-order valence-corrected chi connectivity index (χ0v) is 10.8. The van der Waals surface area contributed by atoms with E-state index in [0.717, 1.165) is 6.54 Å². The van der Waals surface area contributed by atoms with Crippen molar-refractivity contribution in [1.29, 1.82) is 0 Å². The minimum absolute atomic E-state index is 0.112. The fourth-order valence-electron chi connectivity index (χ4n) is 2.29. The van der Waals surface area contributed by atoms with Crippen molar-refractivity contribution in [2.24, 2.45) is 0 Å². The number of amides is 1. The number of rotatable bonds is 6. The van der Waals surface area contributed by atoms with Crippen LogP contribution >= 0.6 is 0 Å². The molecule has 0 saturated heterocycles. The van der Waals surface area contributed by atoms with Gasteiger partial charge in [-0.2, -0.15) is 0 Å². The number of nitrogens with one attached hydrogen (secondary N) is 2. The number of nitrogens with zero attached hydrogens (tertiary/aromatic N) is 1. The van der Waals surface area contributed by atoms with Gasteiger partial charge in [-0.1, -0.05) is 12.8 Å². The molecular formula is C12H25N3O. The molecule has 0 aromatic rings. The summed E-state index contributed by atoms with van der Waals surface area (Å²) >= 11 is 0. The molecule has 1 atom stereocenters. The molecule has 1 fully saturated rings. The van der Waals surface area contributed by atoms with Gasteiger partial charge >= 0.3 is 0 Å². The summed E-state index contributed by atoms with van der Waals surface area (Å²) in [6, 6.07) is 0.780. The summed E-state index contributed by atoms with van der Waals surface area (Å²) < 4.78 is 0. The zero-order chi connectivity index (χ0) is 12.0. The third-order valence-corrected chi connectivity index (χ3v) is 2.95. The van der Waals surface area contributed by atoms with Crippen LogP contribution in [0.4, 0.5) is 0 Å². The van der Waals surface area contributed by atoms with Crippen LogP contribution in [0.25, 0.3) is 0 Å². The van der Waals surface area contributed by atoms with Crippen LogP contribution in [0, 0.1) is 0 Å². The van der Waals surface area contributed by atoms with E-state index in [1.165, 1.54) is 25.7 Å². The molecule has 0 aromatic heterocycles. The molecule has 4 heteroatoms. The third kappa shape index (κ3) is 5.47. The molecule has 0 radical (unpaired) electrons. The molecule has 0 bridgehead atoms. The fourth-order valence-corrected chi connectivity index (χ4v) is 2.29. The van der Waals surface area contributed by atoms with E-state index in [-0.39, 0.29) is 11.9 Å². The molecule has 16 heavy (non-hydrogen) atoms. The highest BCUT2D eigenvalue weighted by atomic mass is 16.2. The van der Waals surface area contributed by atoms with E-state index in [1.807, 2.05) is 21.0 Å². The Labute approximate surface area is 98.8 Å². The summed E-state index contributed by atoms with van der Waals surface area (Å²) in [5.41, 5.74) is 0. The van der Waals surface area contributed by atoms with Crippen LogP contribution < -0.4 is 10.6 Å². The molecule has 0 aliphatic heterocycles. The van der Waals surface area contributed by atoms with Crippen molar-refractivity contribution in [1.82, 2.24) is 15.5 Å². The molecule has 94 valence electrons. The molecule has 1 aliphatic carbocycles. The predicted molar refractivity (Wildman–Crippen MR) is 66.4 cm³/mol. The van der Waals surface area contributed by atoms with Crippen molar-refractivity contribution in [3.05, 3.63) is 0 Å². The monoisotopic (exact) mass is 227 g/mol. The predicted octanol–water partition coefficient (Wildman–Crippen LogP) is 0.585. The van der Waals surface area contributed by atoms with E-state index in [2.05, 4.69) is 15.5 Å². The summed E-state index contributed by atoms with van der Waals surface area (Å²) in [4.78, 5) is 13.7. The lowest BCUT2D eigenvalue weighted by atomic mass is 10.2. The van der Waals surface area contributed by atoms with Gasteiger partial charge in [0.1, 0.15) is 0 Å². The molecule has 4 nitrogen and oxygen atoms in total. The smallest absolute Gasteiger partial charge is 0.234 e. The van der Waals surface area contributed by atoms with Crippen molar-refractivity contribution < 1.29 is 4.79 Å². The first-order valence-corrected chi connectivity index (χ1v) is 6.25. The van der Waals surface area contributed by atoms with E-state index >= 15 is 0 Å². The van der Waals surface area contributed by atoms with E-state index in [9.17, 15) is 4.79 Å². The number of carbonyl (C=O) groups excluding carboxylic acids is 1. The molecule has 0 aromatic carbocycles. The first kappa shape index (κ1) is 13.5. The number of hydrogen-bond acceptors (Lipinski definition) is 3. The molecule has 1 rings (SSSR count). The Morgan fingerprint density at radius 2 is 2.00 bits per heavy atom. The highest BCUT2D eigenvalue weighted by Gasteiger charge is 2.15. The normalized spacial score (nSPS) is 19.0. The molecule has 1 unspecified atom stereocenters. The van der Waals surface area contributed by atoms with Crippen LogP contribution in [-0.2, 0) is 4.79 Å². The molecular weight excluding hydrogens is 202 g/mol. The average Bonchev–Trinajstić information content (AvgIpc) is 2.65. The summed E-state index contributed by atoms with van der Waals surface area (Å²) in [6.07, 6.45) is 5.05. The van der Waals surface area contributed by atoms with Crippen LogP contribution in [0.2, 0.25) is 0 Å². The summed E-state index contributed by atoms with van der Waals surface area (Å²) in [7, 11) is 4.03. The fraction of sp³-hybridized carbons (Fsp3) is 0.917. The Kier molecular flexibility index (Phi) is 5.77. The first-order chi connectivity index (χ1) is 7.58. The van der Waals surface area contributed by atoms with E-state index in [0.29, 0.717) is 12.6 Å². The molecule has 1 aliphatic rings. The molecule has 1 amide bonds. The quantitative estimate of drug-likeness (QED) is 0.698. The van der Waals surface area contributed by atoms with Gasteiger partial charge < -0.3 is 15.5 Å². The Morgan fingerprint density at radius 1 is 1.38 bits per heavy atom. The van der Waals surface area contributed by atoms with Gasteiger partial charge in [-0.15, -0.1) is 0 Å². The third-order valence-electron chi connectivity index (χ3n) is 2.95. The maximum absolute atomic E-state index is 11.6. The van der Waals surface area contributed by atoms with Crippen LogP contribution in [0.3, 0.4) is 0 Å². The van der Waals surface area contributed by atoms with Gasteiger partial charge in [-0.25, -0.2) is 0 Å². The van der Waals surface area contributed by atoms with Crippen molar-refractivity contribution in [2.45, 2.75) is 44.7 Å². The van der Waals surface area contributed by atoms with E-state index < -0.39 is 0 Å². The lowest BCUT2D eigenvalue weighted by Gasteiger charge is -2.19. The van der Waals surface area contributed by atoms with E-state index in [1.54, 1.807) is 0 Å². The minimum Gasteiger partial charge on any atom is -0.351 e. The van der Waals surface area contributed by atoms with Gasteiger partial charge in [-0.3, -0.25) is 4.79 Å². The largest absolute Gasteiger partial charge is 0.351 e. The topological polar surface area (TPSA) is 44.4 Å². The van der Waals surface area contributed by atoms with Crippen LogP contribution in [-0.4, -0.2) is 50.1 Å². The van der Waals surface area contributed by atoms with Crippen molar-refractivity contribution in [3.8, 4) is 0 Å². The maximum Gasteiger partial charge on any atom is 0.234 e. The van der Waals surface area contributed by atoms with Gasteiger partial charge in [0.2, 0.25) is 5.91 Å². The van der Waals surface area contributed by atoms with Crippen molar-refractivity contribution >= 4 is 5.91 Å². The van der Waals surface area contributed by atoms with Crippen LogP contribution in [0.1, 0.15) is 32.6 Å². The average molecular weight is 227 g/mol. The number of hydrogen-bond donors (Lipinski definition) is 2. The van der Waals surface area contributed by atoms with Crippen LogP contribution in [0.5, 0.6) is 0 Å². The SMILES string of the molecule is CC(CN(C)C)NC(=O)CNC1CCCC1. The van der Waals surface area contributed by atoms with Crippen molar-refractivity contribution in [2.75, 3.05) is 27.2 Å². The molecule has 1 saturated carbocycles. The maximum atomic E-state index is 11.6. The second-order valence-electron chi connectivity index (χ2n) is 5.09. The Balaban J connectivity index is 2.09. The summed E-state index contributed by atoms with van der Waals surface area (Å²) in [6.45, 7) is 3.38. The standard InChI is InChI=1S/C12H25N3O/c1-10(9-15(2)3)14-12(16)8-13-11-6-4-5-7-11/h10-11,13H,4-9H2,1-3H3,(H,14,16). The Bertz CT molecular complexity index is 212. The van der Waals surface area contributed by atoms with Gasteiger partial charge in [0.05, 0.1) is 6.54 Å². The Hall–Kier alpha value is -0.610. The number of likely N-dealkylation sites (N-methyl/N-ethyl adjacent to an activating group) is 1. The molecule has 0 heterocycles. The van der Waals surface area contributed by atoms with Crippen LogP contribution in [0.15, 0.2) is 0 Å². The lowest BCUT2D eigenvalue weighted by molar-refractivity contribution is -0.121. The minimum atomic E-state index is 0.112. The second-order valence-corrected chi connectivity index (χ2v) is 5.09. The van der Waals surface area contributed by atoms with Crippen molar-refractivity contribution in [3.63, 3.8) is 0 Å². The first-order valence-electron chi connectivity index (χ1n) is 6.25. The highest BCUT2D eigenvalue weighted by Crippen LogP contribution is 2.17. The van der Waals surface area contributed by atoms with Gasteiger partial charge in [0.15, 0.2) is 0 Å². The molecule has 2 N–H and O–H groups in total. The van der Waals surface area contributed by atoms with Gasteiger partial charge in [0, 0.05) is 18.6 Å². The summed E-state index contributed by atoms with van der Waals surface area (Å²) in [5, 5.41) is 6.31. The van der Waals surface area contributed by atoms with E-state index in [4.69, 9.17) is 0 Å². The second kappa shape index (κ2) is 6.86. The zero-order valence-electron chi connectivity index (χ0n) is 10.8. The highest BCUT2D eigenvalue weighted by molar-refractivity contribution is 5.78. The molecule has 0 spiro atoms. The lowest BCUT2D eigenvalue weighted by Crippen LogP contribution is -2.44. The van der Waals surface area contributed by atoms with Gasteiger partial charge in [0.25, 0.3) is 0 Å². The van der Waals surface area contributed by atoms with Gasteiger partial charge in [-0.05, 0) is 33.9 Å². The Morgan fingerprint density at radius 3 is 2.56 bits per heavy atom.